The highest BCUT2D eigenvalue weighted by molar-refractivity contribution is 6.02. The zero-order chi connectivity index (χ0) is 20.6. The van der Waals surface area contributed by atoms with Gasteiger partial charge >= 0.3 is 0 Å². The third kappa shape index (κ3) is 3.73. The topological polar surface area (TPSA) is 128 Å². The molecule has 2 fully saturated rings. The lowest BCUT2D eigenvalue weighted by Gasteiger charge is -2.32. The lowest BCUT2D eigenvalue weighted by molar-refractivity contribution is -0.129. The summed E-state index contributed by atoms with van der Waals surface area (Å²) in [4.78, 5) is 28.6. The summed E-state index contributed by atoms with van der Waals surface area (Å²) < 4.78 is 1.66. The van der Waals surface area contributed by atoms with Crippen LogP contribution in [0, 0.1) is 5.41 Å². The fraction of sp³-hybridized carbons (Fsp3) is 0.619. The first-order valence-electron chi connectivity index (χ1n) is 10.6. The van der Waals surface area contributed by atoms with Crippen LogP contribution in [0.25, 0.3) is 5.52 Å². The van der Waals surface area contributed by atoms with E-state index in [9.17, 15) is 9.59 Å². The smallest absolute Gasteiger partial charge is 0.251 e. The molecule has 29 heavy (non-hydrogen) atoms. The number of nitrogens with one attached hydrogen (secondary N) is 1. The summed E-state index contributed by atoms with van der Waals surface area (Å²) in [5.74, 6) is 0.101. The predicted molar refractivity (Wildman–Crippen MR) is 110 cm³/mol. The highest BCUT2D eigenvalue weighted by Crippen LogP contribution is 2.38. The Bertz CT molecular complexity index is 931. The molecular weight excluding hydrogens is 368 g/mol. The molecule has 1 aliphatic heterocycles. The Balaban J connectivity index is 1.45. The molecule has 0 aromatic carbocycles. The number of hydrogen-bond acceptors (Lipinski definition) is 6. The summed E-state index contributed by atoms with van der Waals surface area (Å²) in [5.41, 5.74) is 13.0. The van der Waals surface area contributed by atoms with Crippen LogP contribution in [0.1, 0.15) is 86.8 Å². The molecule has 2 unspecified atom stereocenters. The van der Waals surface area contributed by atoms with E-state index in [1.807, 2.05) is 0 Å². The lowest BCUT2D eigenvalue weighted by atomic mass is 9.71. The molecule has 4 rings (SSSR count). The summed E-state index contributed by atoms with van der Waals surface area (Å²) in [6, 6.07) is 2.07. The van der Waals surface area contributed by atoms with E-state index >= 15 is 0 Å². The number of carbonyl (C=O) groups excluding carboxylic acids is 2. The van der Waals surface area contributed by atoms with Gasteiger partial charge in [0, 0.05) is 23.9 Å². The largest absolute Gasteiger partial charge is 0.382 e. The van der Waals surface area contributed by atoms with Gasteiger partial charge in [0.05, 0.1) is 11.3 Å². The second-order valence-corrected chi connectivity index (χ2v) is 8.83. The Hall–Kier alpha value is -2.48. The first kappa shape index (κ1) is 19.8. The van der Waals surface area contributed by atoms with Crippen LogP contribution < -0.4 is 16.8 Å². The van der Waals surface area contributed by atoms with Crippen molar-refractivity contribution in [2.45, 2.75) is 76.8 Å². The fourth-order valence-electron chi connectivity index (χ4n) is 5.03. The zero-order valence-corrected chi connectivity index (χ0v) is 17.0. The molecule has 156 valence electrons. The standard InChI is InChI=1S/C21H30N6O2/c1-21(9-3-2-4-10-21)17(28)8-6-13-5-7-15(26-13)16-11-14(20(23)29)18-19(22)24-12-25-27(16)18/h11-13,15,26H,2-10H2,1H3,(H2,23,29)(H2,22,24,25). The van der Waals surface area contributed by atoms with Crippen LogP contribution in [0.15, 0.2) is 12.4 Å². The van der Waals surface area contributed by atoms with Crippen molar-refractivity contribution in [2.75, 3.05) is 5.73 Å². The third-order valence-corrected chi connectivity index (χ3v) is 6.82. The number of carbonyl (C=O) groups is 2. The minimum Gasteiger partial charge on any atom is -0.382 e. The van der Waals surface area contributed by atoms with E-state index in [1.54, 1.807) is 10.6 Å². The van der Waals surface area contributed by atoms with Crippen LogP contribution in [-0.4, -0.2) is 32.3 Å². The molecule has 2 aliphatic rings. The quantitative estimate of drug-likeness (QED) is 0.686. The average Bonchev–Trinajstić information content (AvgIpc) is 3.32. The normalized spacial score (nSPS) is 24.0. The Kier molecular flexibility index (Phi) is 5.29. The van der Waals surface area contributed by atoms with Crippen molar-refractivity contribution < 1.29 is 9.59 Å². The number of nitrogens with two attached hydrogens (primary N) is 2. The molecule has 1 saturated heterocycles. The number of amides is 1. The van der Waals surface area contributed by atoms with E-state index in [4.69, 9.17) is 11.5 Å². The number of nitrogens with zero attached hydrogens (tertiary/aromatic N) is 3. The number of rotatable bonds is 6. The van der Waals surface area contributed by atoms with E-state index in [0.29, 0.717) is 23.3 Å². The van der Waals surface area contributed by atoms with Gasteiger partial charge in [-0.3, -0.25) is 9.59 Å². The molecule has 0 radical (unpaired) electrons. The Labute approximate surface area is 170 Å². The van der Waals surface area contributed by atoms with Gasteiger partial charge < -0.3 is 16.8 Å². The SMILES string of the molecule is CC1(C(=O)CCC2CCC(c3cc(C(N)=O)c4c(N)ncnn34)N2)CCCCC1. The summed E-state index contributed by atoms with van der Waals surface area (Å²) in [6.45, 7) is 2.14. The zero-order valence-electron chi connectivity index (χ0n) is 17.0. The van der Waals surface area contributed by atoms with Gasteiger partial charge in [0.1, 0.15) is 17.6 Å². The van der Waals surface area contributed by atoms with Gasteiger partial charge in [0.25, 0.3) is 5.91 Å². The van der Waals surface area contributed by atoms with Crippen LogP contribution in [0.2, 0.25) is 0 Å². The minimum atomic E-state index is -0.545. The van der Waals surface area contributed by atoms with Crippen molar-refractivity contribution in [1.29, 1.82) is 0 Å². The maximum absolute atomic E-state index is 12.8. The van der Waals surface area contributed by atoms with Gasteiger partial charge in [-0.15, -0.1) is 0 Å². The maximum Gasteiger partial charge on any atom is 0.251 e. The highest BCUT2D eigenvalue weighted by atomic mass is 16.1. The fourth-order valence-corrected chi connectivity index (χ4v) is 5.03. The van der Waals surface area contributed by atoms with Crippen LogP contribution in [-0.2, 0) is 4.79 Å². The predicted octanol–water partition coefficient (Wildman–Crippen LogP) is 2.52. The van der Waals surface area contributed by atoms with Crippen molar-refractivity contribution >= 4 is 23.0 Å². The second kappa shape index (κ2) is 7.74. The third-order valence-electron chi connectivity index (χ3n) is 6.82. The molecule has 1 saturated carbocycles. The van der Waals surface area contributed by atoms with Gasteiger partial charge in [-0.05, 0) is 38.2 Å². The number of hydrogen-bond donors (Lipinski definition) is 3. The summed E-state index contributed by atoms with van der Waals surface area (Å²) in [5, 5.41) is 7.90. The molecule has 8 heteroatoms. The Morgan fingerprint density at radius 3 is 2.76 bits per heavy atom. The molecule has 8 nitrogen and oxygen atoms in total. The van der Waals surface area contributed by atoms with Crippen molar-refractivity contribution in [2.24, 2.45) is 11.1 Å². The van der Waals surface area contributed by atoms with Crippen LogP contribution in [0.3, 0.4) is 0 Å². The van der Waals surface area contributed by atoms with Crippen LogP contribution in [0.5, 0.6) is 0 Å². The van der Waals surface area contributed by atoms with Gasteiger partial charge in [0.15, 0.2) is 5.82 Å². The van der Waals surface area contributed by atoms with Crippen molar-refractivity contribution in [1.82, 2.24) is 19.9 Å². The molecule has 2 atom stereocenters. The molecule has 2 aromatic rings. The molecule has 1 amide bonds. The van der Waals surface area contributed by atoms with Crippen molar-refractivity contribution in [3.63, 3.8) is 0 Å². The van der Waals surface area contributed by atoms with Crippen LogP contribution in [0.4, 0.5) is 5.82 Å². The first-order valence-corrected chi connectivity index (χ1v) is 10.6. The minimum absolute atomic E-state index is 0.0373. The first-order chi connectivity index (χ1) is 13.9. The summed E-state index contributed by atoms with van der Waals surface area (Å²) >= 11 is 0. The number of Topliss-reactive ketones (excluding diaryl/α,β-unsaturated/α-hetero) is 1. The molecule has 0 spiro atoms. The number of fused-ring (bicyclic) bond motifs is 1. The van der Waals surface area contributed by atoms with Gasteiger partial charge in [0.2, 0.25) is 0 Å². The molecule has 2 aromatic heterocycles. The number of nitrogen functional groups attached to an aromatic ring is 1. The maximum atomic E-state index is 12.8. The monoisotopic (exact) mass is 398 g/mol. The molecule has 5 N–H and O–H groups in total. The van der Waals surface area contributed by atoms with E-state index in [2.05, 4.69) is 22.3 Å². The number of ketones is 1. The van der Waals surface area contributed by atoms with Crippen molar-refractivity contribution in [3.8, 4) is 0 Å². The Morgan fingerprint density at radius 2 is 2.03 bits per heavy atom. The summed E-state index contributed by atoms with van der Waals surface area (Å²) in [6.07, 6.45) is 10.4. The average molecular weight is 399 g/mol. The van der Waals surface area contributed by atoms with Gasteiger partial charge in [-0.2, -0.15) is 5.10 Å². The van der Waals surface area contributed by atoms with Gasteiger partial charge in [-0.1, -0.05) is 26.2 Å². The van der Waals surface area contributed by atoms with E-state index in [1.165, 1.54) is 25.6 Å². The van der Waals surface area contributed by atoms with E-state index in [-0.39, 0.29) is 23.3 Å². The Morgan fingerprint density at radius 1 is 1.28 bits per heavy atom. The van der Waals surface area contributed by atoms with E-state index < -0.39 is 5.91 Å². The second-order valence-electron chi connectivity index (χ2n) is 8.83. The van der Waals surface area contributed by atoms with E-state index in [0.717, 1.165) is 37.8 Å². The van der Waals surface area contributed by atoms with Gasteiger partial charge in [-0.25, -0.2) is 9.50 Å². The van der Waals surface area contributed by atoms with Crippen molar-refractivity contribution in [3.05, 3.63) is 23.7 Å². The number of aromatic nitrogens is 3. The number of anilines is 1. The lowest BCUT2D eigenvalue weighted by Crippen LogP contribution is -2.32. The molecule has 1 aliphatic carbocycles. The molecule has 3 heterocycles. The van der Waals surface area contributed by atoms with Crippen LogP contribution >= 0.6 is 0 Å². The number of primary amides is 1. The molecular formula is C21H30N6O2. The highest BCUT2D eigenvalue weighted by Gasteiger charge is 2.35. The summed E-state index contributed by atoms with van der Waals surface area (Å²) in [7, 11) is 0. The molecule has 0 bridgehead atoms.